The number of amidine groups is 1. The van der Waals surface area contributed by atoms with E-state index in [1.165, 1.54) is 22.0 Å². The third-order valence-corrected chi connectivity index (χ3v) is 4.32. The highest BCUT2D eigenvalue weighted by molar-refractivity contribution is 8.13. The molecule has 1 N–H and O–H groups in total. The lowest BCUT2D eigenvalue weighted by atomic mass is 10.0. The number of anilines is 1. The summed E-state index contributed by atoms with van der Waals surface area (Å²) >= 11 is 1.64. The van der Waals surface area contributed by atoms with Crippen LogP contribution in [0.15, 0.2) is 41.4 Å². The molecule has 0 saturated heterocycles. The summed E-state index contributed by atoms with van der Waals surface area (Å²) < 4.78 is 0. The van der Waals surface area contributed by atoms with Crippen LogP contribution in [0.4, 0.5) is 5.69 Å². The van der Waals surface area contributed by atoms with E-state index in [1.54, 1.807) is 11.8 Å². The molecule has 0 saturated carbocycles. The van der Waals surface area contributed by atoms with E-state index < -0.39 is 0 Å². The lowest BCUT2D eigenvalue weighted by molar-refractivity contribution is 0.886. The van der Waals surface area contributed by atoms with Crippen molar-refractivity contribution in [3.63, 3.8) is 0 Å². The molecule has 0 amide bonds. The van der Waals surface area contributed by atoms with Crippen LogP contribution in [0.5, 0.6) is 0 Å². The molecule has 0 aliphatic heterocycles. The molecule has 0 aliphatic carbocycles. The van der Waals surface area contributed by atoms with Gasteiger partial charge in [-0.1, -0.05) is 42.1 Å². The maximum Gasteiger partial charge on any atom is 0.156 e. The summed E-state index contributed by atoms with van der Waals surface area (Å²) in [5.74, 6) is 0. The summed E-state index contributed by atoms with van der Waals surface area (Å²) in [7, 11) is 4.04. The van der Waals surface area contributed by atoms with Crippen molar-refractivity contribution in [1.82, 2.24) is 5.32 Å². The van der Waals surface area contributed by atoms with Crippen LogP contribution >= 0.6 is 11.8 Å². The third-order valence-electron chi connectivity index (χ3n) is 3.60. The Kier molecular flexibility index (Phi) is 5.51. The quantitative estimate of drug-likeness (QED) is 0.691. The van der Waals surface area contributed by atoms with Gasteiger partial charge in [-0.2, -0.15) is 0 Å². The molecule has 21 heavy (non-hydrogen) atoms. The van der Waals surface area contributed by atoms with Gasteiger partial charge in [-0.05, 0) is 30.2 Å². The number of benzene rings is 2. The largest absolute Gasteiger partial charge is 0.372 e. The number of fused-ring (bicyclic) bond motifs is 1. The van der Waals surface area contributed by atoms with Gasteiger partial charge >= 0.3 is 0 Å². The maximum absolute atomic E-state index is 4.56. The molecule has 2 aromatic carbocycles. The van der Waals surface area contributed by atoms with E-state index in [-0.39, 0.29) is 0 Å². The molecule has 4 heteroatoms. The van der Waals surface area contributed by atoms with Gasteiger partial charge in [0, 0.05) is 31.7 Å². The van der Waals surface area contributed by atoms with Gasteiger partial charge in [-0.25, -0.2) is 0 Å². The molecular formula is C17H23N3S. The normalized spacial score (nSPS) is 11.7. The topological polar surface area (TPSA) is 27.6 Å². The van der Waals surface area contributed by atoms with Crippen molar-refractivity contribution < 1.29 is 0 Å². The van der Waals surface area contributed by atoms with Crippen molar-refractivity contribution >= 4 is 33.4 Å². The summed E-state index contributed by atoms with van der Waals surface area (Å²) in [4.78, 5) is 6.84. The second kappa shape index (κ2) is 7.36. The minimum atomic E-state index is 0.787. The van der Waals surface area contributed by atoms with E-state index in [0.29, 0.717) is 0 Å². The van der Waals surface area contributed by atoms with E-state index in [1.807, 2.05) is 13.3 Å². The third kappa shape index (κ3) is 3.70. The number of aliphatic imine (C=N–C) groups is 1. The maximum atomic E-state index is 4.56. The van der Waals surface area contributed by atoms with Crippen LogP contribution in [0.25, 0.3) is 10.8 Å². The molecule has 0 unspecified atom stereocenters. The minimum Gasteiger partial charge on any atom is -0.372 e. The zero-order valence-electron chi connectivity index (χ0n) is 13.2. The molecule has 2 aromatic rings. The first kappa shape index (κ1) is 15.7. The Morgan fingerprint density at radius 2 is 1.95 bits per heavy atom. The highest BCUT2D eigenvalue weighted by Gasteiger charge is 2.07. The minimum absolute atomic E-state index is 0.787. The number of thioether (sulfide) groups is 1. The Bertz CT molecular complexity index is 626. The number of hydrogen-bond acceptors (Lipinski definition) is 3. The summed E-state index contributed by atoms with van der Waals surface area (Å²) in [5, 5.41) is 6.71. The van der Waals surface area contributed by atoms with Crippen molar-refractivity contribution in [3.05, 3.63) is 42.0 Å². The molecule has 0 aromatic heterocycles. The van der Waals surface area contributed by atoms with Crippen LogP contribution in [-0.4, -0.2) is 38.6 Å². The summed E-state index contributed by atoms with van der Waals surface area (Å²) in [6.07, 6.45) is 2.03. The fourth-order valence-electron chi connectivity index (χ4n) is 2.49. The predicted molar refractivity (Wildman–Crippen MR) is 96.8 cm³/mol. The highest BCUT2D eigenvalue weighted by atomic mass is 32.2. The van der Waals surface area contributed by atoms with Crippen molar-refractivity contribution in [1.29, 1.82) is 0 Å². The number of hydrogen-bond donors (Lipinski definition) is 1. The average Bonchev–Trinajstić information content (AvgIpc) is 2.51. The van der Waals surface area contributed by atoms with Gasteiger partial charge in [0.1, 0.15) is 0 Å². The van der Waals surface area contributed by atoms with Gasteiger partial charge in [0.15, 0.2) is 5.17 Å². The van der Waals surface area contributed by atoms with Gasteiger partial charge in [-0.3, -0.25) is 4.99 Å². The van der Waals surface area contributed by atoms with E-state index in [4.69, 9.17) is 0 Å². The Hall–Kier alpha value is -1.68. The predicted octanol–water partition coefficient (Wildman–Crippen LogP) is 3.52. The lowest BCUT2D eigenvalue weighted by Crippen LogP contribution is -2.23. The van der Waals surface area contributed by atoms with Crippen LogP contribution in [-0.2, 0) is 0 Å². The highest BCUT2D eigenvalue weighted by Crippen LogP contribution is 2.28. The molecule has 0 fully saturated rings. The fourth-order valence-corrected chi connectivity index (χ4v) is 2.92. The van der Waals surface area contributed by atoms with Crippen LogP contribution in [0, 0.1) is 6.92 Å². The SMILES string of the molecule is CN/C(=N\CCN(C)c1cccc2cccc(C)c12)SC. The van der Waals surface area contributed by atoms with E-state index in [2.05, 4.69) is 65.6 Å². The second-order valence-electron chi connectivity index (χ2n) is 5.01. The van der Waals surface area contributed by atoms with Crippen LogP contribution < -0.4 is 10.2 Å². The first-order valence-electron chi connectivity index (χ1n) is 7.13. The van der Waals surface area contributed by atoms with Crippen LogP contribution in [0.3, 0.4) is 0 Å². The number of nitrogens with zero attached hydrogens (tertiary/aromatic N) is 2. The summed E-state index contributed by atoms with van der Waals surface area (Å²) in [6.45, 7) is 3.86. The van der Waals surface area contributed by atoms with Gasteiger partial charge in [0.2, 0.25) is 0 Å². The number of rotatable bonds is 4. The number of nitrogens with one attached hydrogen (secondary N) is 1. The van der Waals surface area contributed by atoms with Crippen molar-refractivity contribution in [2.24, 2.45) is 4.99 Å². The van der Waals surface area contributed by atoms with Gasteiger partial charge in [0.25, 0.3) is 0 Å². The molecule has 0 bridgehead atoms. The smallest absolute Gasteiger partial charge is 0.156 e. The van der Waals surface area contributed by atoms with Crippen LogP contribution in [0.2, 0.25) is 0 Å². The molecule has 3 nitrogen and oxygen atoms in total. The number of likely N-dealkylation sites (N-methyl/N-ethyl adjacent to an activating group) is 1. The molecule has 0 spiro atoms. The Labute approximate surface area is 131 Å². The molecular weight excluding hydrogens is 278 g/mol. The van der Waals surface area contributed by atoms with Crippen molar-refractivity contribution in [2.75, 3.05) is 38.3 Å². The molecule has 0 radical (unpaired) electrons. The summed E-state index contributed by atoms with van der Waals surface area (Å²) in [6, 6.07) is 12.9. The molecule has 112 valence electrons. The second-order valence-corrected chi connectivity index (χ2v) is 5.81. The van der Waals surface area contributed by atoms with Gasteiger partial charge in [-0.15, -0.1) is 0 Å². The number of aryl methyl sites for hydroxylation is 1. The lowest BCUT2D eigenvalue weighted by Gasteiger charge is -2.21. The van der Waals surface area contributed by atoms with E-state index >= 15 is 0 Å². The molecule has 2 rings (SSSR count). The van der Waals surface area contributed by atoms with Crippen molar-refractivity contribution in [3.8, 4) is 0 Å². The Morgan fingerprint density at radius 3 is 2.62 bits per heavy atom. The van der Waals surface area contributed by atoms with Crippen LogP contribution in [0.1, 0.15) is 5.56 Å². The average molecular weight is 301 g/mol. The Morgan fingerprint density at radius 1 is 1.24 bits per heavy atom. The standard InChI is InChI=1S/C17H23N3S/c1-13-7-5-8-14-9-6-10-15(16(13)14)20(3)12-11-19-17(18-2)21-4/h5-10H,11-12H2,1-4H3,(H,18,19). The van der Waals surface area contributed by atoms with Crippen molar-refractivity contribution in [2.45, 2.75) is 6.92 Å². The summed E-state index contributed by atoms with van der Waals surface area (Å²) in [5.41, 5.74) is 2.59. The van der Waals surface area contributed by atoms with E-state index in [0.717, 1.165) is 18.3 Å². The van der Waals surface area contributed by atoms with Gasteiger partial charge in [0.05, 0.1) is 6.54 Å². The van der Waals surface area contributed by atoms with Gasteiger partial charge < -0.3 is 10.2 Å². The monoisotopic (exact) mass is 301 g/mol. The first-order chi connectivity index (χ1) is 10.2. The zero-order valence-corrected chi connectivity index (χ0v) is 14.0. The molecule has 0 aliphatic rings. The molecule has 0 atom stereocenters. The molecule has 0 heterocycles. The fraction of sp³-hybridized carbons (Fsp3) is 0.353. The first-order valence-corrected chi connectivity index (χ1v) is 8.35. The van der Waals surface area contributed by atoms with E-state index in [9.17, 15) is 0 Å². The zero-order chi connectivity index (χ0) is 15.2. The Balaban J connectivity index is 2.20.